The maximum atomic E-state index is 11.9. The first-order valence-electron chi connectivity index (χ1n) is 6.63. The second kappa shape index (κ2) is 7.46. The third-order valence-corrected chi connectivity index (χ3v) is 3.40. The van der Waals surface area contributed by atoms with Crippen LogP contribution in [-0.4, -0.2) is 60.0 Å². The van der Waals surface area contributed by atoms with Crippen LogP contribution >= 0.6 is 0 Å². The van der Waals surface area contributed by atoms with E-state index in [2.05, 4.69) is 10.6 Å². The van der Waals surface area contributed by atoms with Crippen molar-refractivity contribution in [2.75, 3.05) is 20.1 Å². The molecule has 9 nitrogen and oxygen atoms in total. The highest BCUT2D eigenvalue weighted by atomic mass is 16.4. The van der Waals surface area contributed by atoms with E-state index in [-0.39, 0.29) is 11.8 Å². The van der Waals surface area contributed by atoms with Crippen molar-refractivity contribution in [2.24, 2.45) is 11.7 Å². The molecule has 1 fully saturated rings. The van der Waals surface area contributed by atoms with Gasteiger partial charge in [-0.2, -0.15) is 0 Å². The number of carboxylic acid groups (broad SMARTS) is 1. The Bertz CT molecular complexity index is 431. The van der Waals surface area contributed by atoms with Crippen LogP contribution in [0.1, 0.15) is 19.3 Å². The average Bonchev–Trinajstić information content (AvgIpc) is 2.45. The average molecular weight is 300 g/mol. The number of nitrogens with one attached hydrogen (secondary N) is 2. The van der Waals surface area contributed by atoms with Gasteiger partial charge in [0.05, 0.1) is 6.42 Å². The minimum atomic E-state index is -1.34. The van der Waals surface area contributed by atoms with Crippen molar-refractivity contribution in [1.82, 2.24) is 15.5 Å². The molecule has 118 valence electrons. The van der Waals surface area contributed by atoms with E-state index in [9.17, 15) is 19.2 Å². The molecule has 0 aliphatic carbocycles. The van der Waals surface area contributed by atoms with Crippen LogP contribution in [0.15, 0.2) is 0 Å². The number of urea groups is 1. The van der Waals surface area contributed by atoms with Gasteiger partial charge in [0.15, 0.2) is 0 Å². The van der Waals surface area contributed by atoms with Crippen LogP contribution in [0.25, 0.3) is 0 Å². The highest BCUT2D eigenvalue weighted by molar-refractivity contribution is 5.87. The Hall–Kier alpha value is -2.32. The lowest BCUT2D eigenvalue weighted by atomic mass is 9.96. The van der Waals surface area contributed by atoms with Crippen LogP contribution in [0.4, 0.5) is 4.79 Å². The minimum absolute atomic E-state index is 0.0628. The van der Waals surface area contributed by atoms with Crippen LogP contribution in [-0.2, 0) is 14.4 Å². The lowest BCUT2D eigenvalue weighted by molar-refractivity contribution is -0.141. The zero-order chi connectivity index (χ0) is 16.0. The van der Waals surface area contributed by atoms with E-state index in [1.165, 1.54) is 4.90 Å². The Morgan fingerprint density at radius 2 is 1.86 bits per heavy atom. The molecule has 1 aliphatic heterocycles. The van der Waals surface area contributed by atoms with Gasteiger partial charge in [-0.1, -0.05) is 0 Å². The van der Waals surface area contributed by atoms with Crippen LogP contribution < -0.4 is 16.4 Å². The normalized spacial score (nSPS) is 16.9. The summed E-state index contributed by atoms with van der Waals surface area (Å²) in [6, 6.07) is -1.91. The maximum absolute atomic E-state index is 11.9. The molecule has 0 saturated carbocycles. The molecule has 1 aliphatic rings. The van der Waals surface area contributed by atoms with Gasteiger partial charge in [0.25, 0.3) is 0 Å². The van der Waals surface area contributed by atoms with Crippen molar-refractivity contribution in [3.8, 4) is 0 Å². The number of carbonyl (C=O) groups excluding carboxylic acids is 3. The van der Waals surface area contributed by atoms with Gasteiger partial charge in [0, 0.05) is 26.1 Å². The first-order chi connectivity index (χ1) is 9.85. The molecule has 1 rings (SSSR count). The molecule has 0 bridgehead atoms. The Labute approximate surface area is 121 Å². The minimum Gasteiger partial charge on any atom is -0.480 e. The molecule has 21 heavy (non-hydrogen) atoms. The second-order valence-corrected chi connectivity index (χ2v) is 4.89. The molecule has 0 unspecified atom stereocenters. The molecule has 1 saturated heterocycles. The zero-order valence-electron chi connectivity index (χ0n) is 11.8. The van der Waals surface area contributed by atoms with E-state index < -0.39 is 30.4 Å². The van der Waals surface area contributed by atoms with E-state index in [0.717, 1.165) is 0 Å². The number of hydrogen-bond donors (Lipinski definition) is 4. The van der Waals surface area contributed by atoms with Crippen molar-refractivity contribution in [3.63, 3.8) is 0 Å². The van der Waals surface area contributed by atoms with E-state index in [1.54, 1.807) is 7.05 Å². The Morgan fingerprint density at radius 3 is 2.29 bits per heavy atom. The smallest absolute Gasteiger partial charge is 0.326 e. The van der Waals surface area contributed by atoms with E-state index in [1.807, 2.05) is 0 Å². The fourth-order valence-corrected chi connectivity index (χ4v) is 2.19. The quantitative estimate of drug-likeness (QED) is 0.488. The molecule has 0 aromatic rings. The highest BCUT2D eigenvalue weighted by Crippen LogP contribution is 2.17. The van der Waals surface area contributed by atoms with Crippen molar-refractivity contribution < 1.29 is 24.3 Å². The SMILES string of the molecule is CNC(=O)C1CCN(C(=O)N[C@@H](CC(N)=O)C(=O)O)CC1. The number of piperidine rings is 1. The van der Waals surface area contributed by atoms with Crippen molar-refractivity contribution in [1.29, 1.82) is 0 Å². The van der Waals surface area contributed by atoms with Crippen LogP contribution in [0, 0.1) is 5.92 Å². The van der Waals surface area contributed by atoms with Crippen molar-refractivity contribution in [3.05, 3.63) is 0 Å². The van der Waals surface area contributed by atoms with Crippen molar-refractivity contribution >= 4 is 23.8 Å². The lowest BCUT2D eigenvalue weighted by Crippen LogP contribution is -2.52. The van der Waals surface area contributed by atoms with E-state index in [4.69, 9.17) is 10.8 Å². The number of amides is 4. The molecule has 4 amide bonds. The first kappa shape index (κ1) is 16.7. The fraction of sp³-hybridized carbons (Fsp3) is 0.667. The van der Waals surface area contributed by atoms with Crippen LogP contribution in [0.2, 0.25) is 0 Å². The topological polar surface area (TPSA) is 142 Å². The summed E-state index contributed by atoms with van der Waals surface area (Å²) in [5, 5.41) is 13.7. The molecular weight excluding hydrogens is 280 g/mol. The molecule has 0 aromatic carbocycles. The second-order valence-electron chi connectivity index (χ2n) is 4.89. The molecule has 1 heterocycles. The molecule has 5 N–H and O–H groups in total. The lowest BCUT2D eigenvalue weighted by Gasteiger charge is -2.31. The fourth-order valence-electron chi connectivity index (χ4n) is 2.19. The van der Waals surface area contributed by atoms with Gasteiger partial charge in [-0.05, 0) is 12.8 Å². The Kier molecular flexibility index (Phi) is 5.94. The van der Waals surface area contributed by atoms with Gasteiger partial charge in [-0.3, -0.25) is 9.59 Å². The third-order valence-electron chi connectivity index (χ3n) is 3.40. The van der Waals surface area contributed by atoms with Gasteiger partial charge in [0.2, 0.25) is 11.8 Å². The molecule has 0 spiro atoms. The number of nitrogens with zero attached hydrogens (tertiary/aromatic N) is 1. The number of likely N-dealkylation sites (tertiary alicyclic amines) is 1. The number of carbonyl (C=O) groups is 4. The summed E-state index contributed by atoms with van der Waals surface area (Å²) < 4.78 is 0. The van der Waals surface area contributed by atoms with E-state index >= 15 is 0 Å². The monoisotopic (exact) mass is 300 g/mol. The number of carboxylic acids is 1. The molecular formula is C12H20N4O5. The predicted molar refractivity (Wildman–Crippen MR) is 72.1 cm³/mol. The number of aliphatic carboxylic acids is 1. The molecule has 0 radical (unpaired) electrons. The molecule has 0 aromatic heterocycles. The summed E-state index contributed by atoms with van der Waals surface area (Å²) in [4.78, 5) is 46.6. The number of nitrogens with two attached hydrogens (primary N) is 1. The van der Waals surface area contributed by atoms with Crippen LogP contribution in [0.3, 0.4) is 0 Å². The summed E-state index contributed by atoms with van der Waals surface area (Å²) in [6.07, 6.45) is 0.567. The molecule has 1 atom stereocenters. The van der Waals surface area contributed by atoms with Gasteiger partial charge >= 0.3 is 12.0 Å². The highest BCUT2D eigenvalue weighted by Gasteiger charge is 2.29. The van der Waals surface area contributed by atoms with Gasteiger partial charge in [0.1, 0.15) is 6.04 Å². The summed E-state index contributed by atoms with van der Waals surface area (Å²) in [7, 11) is 1.56. The number of hydrogen-bond acceptors (Lipinski definition) is 4. The number of rotatable bonds is 5. The summed E-state index contributed by atoms with van der Waals surface area (Å²) in [5.41, 5.74) is 4.94. The van der Waals surface area contributed by atoms with Gasteiger partial charge < -0.3 is 26.4 Å². The van der Waals surface area contributed by atoms with Crippen molar-refractivity contribution in [2.45, 2.75) is 25.3 Å². The summed E-state index contributed by atoms with van der Waals surface area (Å²) >= 11 is 0. The standard InChI is InChI=1S/C12H20N4O5/c1-14-10(18)7-2-4-16(5-3-7)12(21)15-8(11(19)20)6-9(13)17/h7-8H,2-6H2,1H3,(H2,13,17)(H,14,18)(H,15,21)(H,19,20)/t8-/m0/s1. The number of primary amides is 1. The maximum Gasteiger partial charge on any atom is 0.326 e. The largest absolute Gasteiger partial charge is 0.480 e. The first-order valence-corrected chi connectivity index (χ1v) is 6.63. The Balaban J connectivity index is 2.51. The predicted octanol–water partition coefficient (Wildman–Crippen LogP) is -1.52. The zero-order valence-corrected chi connectivity index (χ0v) is 11.8. The van der Waals surface area contributed by atoms with Gasteiger partial charge in [-0.15, -0.1) is 0 Å². The van der Waals surface area contributed by atoms with Gasteiger partial charge in [-0.25, -0.2) is 9.59 Å². The third kappa shape index (κ3) is 4.93. The van der Waals surface area contributed by atoms with Crippen LogP contribution in [0.5, 0.6) is 0 Å². The summed E-state index contributed by atoms with van der Waals surface area (Å²) in [5.74, 6) is -2.32. The Morgan fingerprint density at radius 1 is 1.29 bits per heavy atom. The molecule has 9 heteroatoms. The summed E-state index contributed by atoms with van der Waals surface area (Å²) in [6.45, 7) is 0.708. The van der Waals surface area contributed by atoms with E-state index in [0.29, 0.717) is 25.9 Å².